The van der Waals surface area contributed by atoms with E-state index < -0.39 is 5.60 Å². The van der Waals surface area contributed by atoms with Gasteiger partial charge in [0.25, 0.3) is 0 Å². The van der Waals surface area contributed by atoms with Crippen molar-refractivity contribution >= 4 is 5.78 Å². The third-order valence-electron chi connectivity index (χ3n) is 16.1. The number of aliphatic hydroxyl groups excluding tert-OH is 1. The largest absolute Gasteiger partial charge is 1.00 e. The second-order valence-electron chi connectivity index (χ2n) is 17.6. The molecule has 48 heavy (non-hydrogen) atoms. The first kappa shape index (κ1) is 36.8. The summed E-state index contributed by atoms with van der Waals surface area (Å²) in [6.45, 7) is 10.4. The zero-order valence-corrected chi connectivity index (χ0v) is 32.4. The van der Waals surface area contributed by atoms with Crippen LogP contribution < -0.4 is 29.6 Å². The van der Waals surface area contributed by atoms with Crippen LogP contribution in [0.5, 0.6) is 0 Å². The van der Waals surface area contributed by atoms with E-state index in [0.717, 1.165) is 62.7 Å². The van der Waals surface area contributed by atoms with Crippen molar-refractivity contribution in [2.75, 3.05) is 20.3 Å². The summed E-state index contributed by atoms with van der Waals surface area (Å²) >= 11 is 0. The van der Waals surface area contributed by atoms with Gasteiger partial charge in [0.1, 0.15) is 0 Å². The maximum Gasteiger partial charge on any atom is 1.00 e. The summed E-state index contributed by atoms with van der Waals surface area (Å²) in [5.74, 6) is 3.95. The van der Waals surface area contributed by atoms with E-state index in [4.69, 9.17) is 9.47 Å². The summed E-state index contributed by atoms with van der Waals surface area (Å²) in [5, 5.41) is 20.7. The van der Waals surface area contributed by atoms with Crippen molar-refractivity contribution in [1.82, 2.24) is 0 Å². The molecule has 6 nitrogen and oxygen atoms in total. The number of rotatable bonds is 2. The van der Waals surface area contributed by atoms with Crippen molar-refractivity contribution < 1.29 is 59.5 Å². The third kappa shape index (κ3) is 4.93. The molecule has 0 amide bonds. The van der Waals surface area contributed by atoms with Gasteiger partial charge in [0.2, 0.25) is 0 Å². The number of hydrogen-bond donors (Lipinski definition) is 2. The van der Waals surface area contributed by atoms with Gasteiger partial charge in [-0.3, -0.25) is 4.79 Å². The topological polar surface area (TPSA) is 109 Å². The van der Waals surface area contributed by atoms with Gasteiger partial charge in [-0.2, -0.15) is 0 Å². The second kappa shape index (κ2) is 12.3. The summed E-state index contributed by atoms with van der Waals surface area (Å²) in [6, 6.07) is 0. The van der Waals surface area contributed by atoms with E-state index in [1.54, 1.807) is 12.7 Å². The zero-order valence-electron chi connectivity index (χ0n) is 30.4. The Morgan fingerprint density at radius 1 is 0.833 bits per heavy atom. The predicted octanol–water partition coefficient (Wildman–Crippen LogP) is 4.77. The van der Waals surface area contributed by atoms with Gasteiger partial charge in [-0.1, -0.05) is 62.6 Å². The maximum absolute atomic E-state index is 11.8. The molecule has 9 aliphatic rings. The van der Waals surface area contributed by atoms with Gasteiger partial charge in [-0.15, -0.1) is 0 Å². The average Bonchev–Trinajstić information content (AvgIpc) is 3.72. The molecule has 9 rings (SSSR count). The number of epoxide rings is 1. The fourth-order valence-corrected chi connectivity index (χ4v) is 12.6. The van der Waals surface area contributed by atoms with Crippen LogP contribution in [0.4, 0.5) is 0 Å². The number of hydrogen-bond acceptors (Lipinski definition) is 6. The van der Waals surface area contributed by atoms with E-state index in [0.29, 0.717) is 30.1 Å². The maximum atomic E-state index is 11.8. The number of methoxy groups -OCH3 is 1. The number of carbonyl (C=O) groups is 1. The summed E-state index contributed by atoms with van der Waals surface area (Å²) in [4.78, 5) is 11.8. The molecule has 0 aromatic rings. The predicted molar refractivity (Wildman–Crippen MR) is 181 cm³/mol. The Bertz CT molecular complexity index is 1500. The Labute approximate surface area is 310 Å². The van der Waals surface area contributed by atoms with Crippen LogP contribution in [0.1, 0.15) is 111 Å². The third-order valence-corrected chi connectivity index (χ3v) is 16.1. The SMILES string of the molecule is COC1=CC2=CCC3C(=CC[C@@]4(C)C3CC[C@@]43CO3)[C@@]2(C)CC1.C[C@]12CCC(=O)C=C1CCC1C2=CC[C@@]2(C)C1CC[C@@]2(O)CO.[Na+].[OH-]. The van der Waals surface area contributed by atoms with Crippen molar-refractivity contribution in [2.24, 2.45) is 45.3 Å². The second-order valence-corrected chi connectivity index (χ2v) is 17.6. The molecule has 3 saturated carbocycles. The minimum Gasteiger partial charge on any atom is -0.870 e. The number of ketones is 1. The quantitative estimate of drug-likeness (QED) is 0.250. The Morgan fingerprint density at radius 3 is 2.17 bits per heavy atom. The van der Waals surface area contributed by atoms with Crippen LogP contribution in [0.3, 0.4) is 0 Å². The summed E-state index contributed by atoms with van der Waals surface area (Å²) < 4.78 is 11.5. The van der Waals surface area contributed by atoms with Crippen LogP contribution in [0.15, 0.2) is 58.4 Å². The summed E-state index contributed by atoms with van der Waals surface area (Å²) in [7, 11) is 1.81. The van der Waals surface area contributed by atoms with Crippen molar-refractivity contribution in [2.45, 2.75) is 122 Å². The van der Waals surface area contributed by atoms with E-state index in [1.807, 2.05) is 6.08 Å². The first-order valence-corrected chi connectivity index (χ1v) is 18.4. The summed E-state index contributed by atoms with van der Waals surface area (Å²) in [5.41, 5.74) is 5.86. The van der Waals surface area contributed by atoms with Crippen LogP contribution in [0.2, 0.25) is 0 Å². The van der Waals surface area contributed by atoms with E-state index in [9.17, 15) is 15.0 Å². The number of fused-ring (bicyclic) bond motifs is 11. The van der Waals surface area contributed by atoms with Gasteiger partial charge in [0.05, 0.1) is 37.3 Å². The van der Waals surface area contributed by atoms with Gasteiger partial charge in [0.15, 0.2) is 5.78 Å². The standard InChI is InChI=1S/C21H28O2.C20H28O3.Na.H2O/c1-19-9-6-15(22-3)12-14(19)4-5-16-17(19)7-10-20(2)18(16)8-11-21(20)13-23-21;1-18-8-5-14(22)11-13(18)3-4-15-16(18)6-9-19(2)17(15)7-10-20(19,23)12-21;;/h4,7,12,16,18H,5-6,8-11,13H2,1-3H3;6,11,15,17,21,23H,3-5,7-10,12H2,1-2H3;;1H2/q;;+1;/p-1/t16?,18?,19-,20-,21+;15?,17?,18-,19-,20+;;/m00../s1. The van der Waals surface area contributed by atoms with Gasteiger partial charge in [-0.05, 0) is 112 Å². The zero-order chi connectivity index (χ0) is 32.3. The number of allylic oxidation sites excluding steroid dienone is 10. The van der Waals surface area contributed by atoms with Gasteiger partial charge in [-0.25, -0.2) is 0 Å². The van der Waals surface area contributed by atoms with Crippen LogP contribution in [0, 0.1) is 45.3 Å². The number of aliphatic hydroxyl groups is 2. The monoisotopic (exact) mass is 668 g/mol. The van der Waals surface area contributed by atoms with Gasteiger partial charge < -0.3 is 25.2 Å². The van der Waals surface area contributed by atoms with Crippen LogP contribution in [-0.2, 0) is 14.3 Å². The van der Waals surface area contributed by atoms with Crippen molar-refractivity contribution in [3.05, 3.63) is 58.4 Å². The molecule has 1 saturated heterocycles. The van der Waals surface area contributed by atoms with E-state index in [2.05, 4.69) is 52.0 Å². The molecule has 1 spiro atoms. The van der Waals surface area contributed by atoms with Crippen molar-refractivity contribution in [3.8, 4) is 0 Å². The molecule has 258 valence electrons. The molecule has 0 radical (unpaired) electrons. The number of ether oxygens (including phenoxy) is 2. The molecule has 1 heterocycles. The Hall–Kier alpha value is -0.990. The molecular weight excluding hydrogens is 611 g/mol. The minimum absolute atomic E-state index is 0. The first-order valence-electron chi connectivity index (χ1n) is 18.4. The Kier molecular flexibility index (Phi) is 9.44. The molecule has 0 aromatic heterocycles. The molecule has 1 aliphatic heterocycles. The Morgan fingerprint density at radius 2 is 1.48 bits per heavy atom. The van der Waals surface area contributed by atoms with E-state index in [-0.39, 0.29) is 69.3 Å². The summed E-state index contributed by atoms with van der Waals surface area (Å²) in [6.07, 6.45) is 25.3. The first-order chi connectivity index (χ1) is 21.9. The molecule has 4 unspecified atom stereocenters. The molecule has 4 fully saturated rings. The molecule has 10 atom stereocenters. The fourth-order valence-electron chi connectivity index (χ4n) is 12.6. The van der Waals surface area contributed by atoms with Crippen LogP contribution >= 0.6 is 0 Å². The van der Waals surface area contributed by atoms with Crippen molar-refractivity contribution in [1.29, 1.82) is 0 Å². The molecule has 8 aliphatic carbocycles. The molecular formula is C41H57NaO6. The van der Waals surface area contributed by atoms with Crippen LogP contribution in [-0.4, -0.2) is 53.0 Å². The van der Waals surface area contributed by atoms with Crippen molar-refractivity contribution in [3.63, 3.8) is 0 Å². The molecule has 0 aromatic carbocycles. The smallest absolute Gasteiger partial charge is 0.870 e. The Balaban J connectivity index is 0.000000161. The molecule has 0 bridgehead atoms. The van der Waals surface area contributed by atoms with Gasteiger partial charge in [0, 0.05) is 34.5 Å². The molecule has 3 N–H and O–H groups in total. The fraction of sp³-hybridized carbons (Fsp3) is 0.732. The molecule has 7 heteroatoms. The average molecular weight is 669 g/mol. The normalized spacial score (nSPS) is 47.6. The van der Waals surface area contributed by atoms with E-state index >= 15 is 0 Å². The minimum atomic E-state index is -0.931. The van der Waals surface area contributed by atoms with Crippen LogP contribution in [0.25, 0.3) is 0 Å². The van der Waals surface area contributed by atoms with Gasteiger partial charge >= 0.3 is 29.6 Å². The number of carbonyl (C=O) groups excluding carboxylic acids is 1. The van der Waals surface area contributed by atoms with E-state index in [1.165, 1.54) is 48.8 Å².